The number of aliphatic hydroxyl groups excluding tert-OH is 2. The number of hydrogen-bond donors (Lipinski definition) is 3. The number of carbonyl (C=O) groups is 4. The highest BCUT2D eigenvalue weighted by Gasteiger charge is 2.50. The van der Waals surface area contributed by atoms with Gasteiger partial charge in [-0.2, -0.15) is 0 Å². The molecule has 0 amide bonds. The van der Waals surface area contributed by atoms with Gasteiger partial charge < -0.3 is 39.0 Å². The molecule has 12 nitrogen and oxygen atoms in total. The summed E-state index contributed by atoms with van der Waals surface area (Å²) in [6.45, 7) is 5.85. The summed E-state index contributed by atoms with van der Waals surface area (Å²) in [5.41, 5.74) is 0. The van der Waals surface area contributed by atoms with Crippen LogP contribution >= 0.6 is 0 Å². The van der Waals surface area contributed by atoms with E-state index >= 15 is 0 Å². The SMILES string of the molecule is CC/C=C\C/C=C\C/C=C\C/C=C\C/C=C\CCCC(=O)OCC(COC1OC(C(=O)O)C(O)C(O)C1OC(=O)CCCCCCCCCCCCCCCCCCC)OC(=O)CCCCCCC/C=C\CCCCCCCC. The lowest BCUT2D eigenvalue weighted by molar-refractivity contribution is -0.301. The molecule has 79 heavy (non-hydrogen) atoms. The lowest BCUT2D eigenvalue weighted by Gasteiger charge is -2.40. The molecule has 454 valence electrons. The summed E-state index contributed by atoms with van der Waals surface area (Å²) in [5, 5.41) is 31.6. The lowest BCUT2D eigenvalue weighted by atomic mass is 9.98. The van der Waals surface area contributed by atoms with E-state index < -0.39 is 67.3 Å². The minimum Gasteiger partial charge on any atom is -0.479 e. The maximum Gasteiger partial charge on any atom is 0.335 e. The van der Waals surface area contributed by atoms with Crippen molar-refractivity contribution in [3.05, 3.63) is 72.9 Å². The van der Waals surface area contributed by atoms with Crippen LogP contribution in [-0.4, -0.2) is 89.2 Å². The van der Waals surface area contributed by atoms with Crippen LogP contribution in [0.15, 0.2) is 72.9 Å². The predicted octanol–water partition coefficient (Wildman–Crippen LogP) is 16.9. The molecule has 1 rings (SSSR count). The van der Waals surface area contributed by atoms with Crippen molar-refractivity contribution in [2.45, 2.75) is 314 Å². The van der Waals surface area contributed by atoms with E-state index in [2.05, 4.69) is 87.6 Å². The Hall–Kier alpha value is -3.84. The third kappa shape index (κ3) is 44.5. The summed E-state index contributed by atoms with van der Waals surface area (Å²) in [6, 6.07) is 0. The van der Waals surface area contributed by atoms with Crippen LogP contribution in [0.3, 0.4) is 0 Å². The topological polar surface area (TPSA) is 175 Å². The first-order valence-corrected chi connectivity index (χ1v) is 31.9. The number of unbranched alkanes of at least 4 members (excludes halogenated alkanes) is 28. The van der Waals surface area contributed by atoms with Gasteiger partial charge in [0.2, 0.25) is 0 Å². The van der Waals surface area contributed by atoms with Crippen LogP contribution in [-0.2, 0) is 42.9 Å². The third-order valence-electron chi connectivity index (χ3n) is 14.3. The van der Waals surface area contributed by atoms with E-state index in [4.69, 9.17) is 23.7 Å². The van der Waals surface area contributed by atoms with Gasteiger partial charge in [0.25, 0.3) is 0 Å². The average Bonchev–Trinajstić information content (AvgIpc) is 3.47. The second-order valence-electron chi connectivity index (χ2n) is 21.7. The molecule has 6 unspecified atom stereocenters. The van der Waals surface area contributed by atoms with Crippen LogP contribution in [0.1, 0.15) is 278 Å². The molecule has 1 saturated heterocycles. The largest absolute Gasteiger partial charge is 0.479 e. The first kappa shape index (κ1) is 73.2. The van der Waals surface area contributed by atoms with Crippen LogP contribution in [0, 0.1) is 0 Å². The maximum absolute atomic E-state index is 13.2. The van der Waals surface area contributed by atoms with Gasteiger partial charge in [-0.25, -0.2) is 4.79 Å². The van der Waals surface area contributed by atoms with Crippen molar-refractivity contribution in [3.8, 4) is 0 Å². The predicted molar refractivity (Wildman–Crippen MR) is 322 cm³/mol. The van der Waals surface area contributed by atoms with E-state index in [0.29, 0.717) is 25.7 Å². The maximum atomic E-state index is 13.2. The van der Waals surface area contributed by atoms with Crippen molar-refractivity contribution in [1.29, 1.82) is 0 Å². The Morgan fingerprint density at radius 2 is 0.810 bits per heavy atom. The van der Waals surface area contributed by atoms with Crippen molar-refractivity contribution >= 4 is 23.9 Å². The van der Waals surface area contributed by atoms with Crippen molar-refractivity contribution in [2.75, 3.05) is 13.2 Å². The Morgan fingerprint density at radius 3 is 1.27 bits per heavy atom. The summed E-state index contributed by atoms with van der Waals surface area (Å²) in [5.74, 6) is -3.19. The molecule has 0 bridgehead atoms. The molecular formula is C67H114O12. The Labute approximate surface area is 480 Å². The van der Waals surface area contributed by atoms with Gasteiger partial charge in [-0.3, -0.25) is 14.4 Å². The number of carbonyl (C=O) groups excluding carboxylic acids is 3. The van der Waals surface area contributed by atoms with E-state index in [9.17, 15) is 34.5 Å². The Morgan fingerprint density at radius 1 is 0.430 bits per heavy atom. The normalized spacial score (nSPS) is 18.3. The Balaban J connectivity index is 2.70. The zero-order valence-electron chi connectivity index (χ0n) is 50.1. The van der Waals surface area contributed by atoms with Gasteiger partial charge in [0, 0.05) is 19.3 Å². The van der Waals surface area contributed by atoms with Crippen LogP contribution in [0.25, 0.3) is 0 Å². The Bertz CT molecular complexity index is 1650. The molecule has 0 spiro atoms. The molecule has 6 atom stereocenters. The second-order valence-corrected chi connectivity index (χ2v) is 21.7. The minimum atomic E-state index is -1.91. The van der Waals surface area contributed by atoms with Crippen molar-refractivity contribution in [1.82, 2.24) is 0 Å². The van der Waals surface area contributed by atoms with E-state index in [1.165, 1.54) is 116 Å². The molecule has 0 aromatic carbocycles. The monoisotopic (exact) mass is 1110 g/mol. The summed E-state index contributed by atoms with van der Waals surface area (Å²) < 4.78 is 28.4. The van der Waals surface area contributed by atoms with Gasteiger partial charge in [-0.1, -0.05) is 248 Å². The van der Waals surface area contributed by atoms with Gasteiger partial charge in [0.15, 0.2) is 24.6 Å². The highest BCUT2D eigenvalue weighted by molar-refractivity contribution is 5.74. The lowest BCUT2D eigenvalue weighted by Crippen LogP contribution is -2.61. The molecule has 1 fully saturated rings. The van der Waals surface area contributed by atoms with Crippen LogP contribution in [0.2, 0.25) is 0 Å². The summed E-state index contributed by atoms with van der Waals surface area (Å²) in [7, 11) is 0. The van der Waals surface area contributed by atoms with Crippen LogP contribution in [0.5, 0.6) is 0 Å². The molecule has 1 heterocycles. The number of esters is 3. The first-order chi connectivity index (χ1) is 38.6. The van der Waals surface area contributed by atoms with Crippen molar-refractivity contribution < 1.29 is 58.2 Å². The molecule has 0 saturated carbocycles. The zero-order valence-corrected chi connectivity index (χ0v) is 50.1. The average molecular weight is 1110 g/mol. The first-order valence-electron chi connectivity index (χ1n) is 31.9. The third-order valence-corrected chi connectivity index (χ3v) is 14.3. The molecule has 1 aliphatic rings. The highest BCUT2D eigenvalue weighted by atomic mass is 16.7. The molecule has 1 aliphatic heterocycles. The fourth-order valence-corrected chi connectivity index (χ4v) is 9.40. The number of aliphatic carboxylic acids is 1. The standard InChI is InChI=1S/C67H114O12/c1-4-7-10-13-16-19-22-25-28-30-33-35-38-41-44-47-50-53-59(68)75-56-58(77-60(69)54-51-48-45-42-39-36-32-27-24-21-18-15-12-9-6-3)57-76-67-65(63(72)62(71)64(79-67)66(73)74)78-61(70)55-52-49-46-43-40-37-34-31-29-26-23-20-17-14-11-8-5-2/h7,10,16,19,25,27-28,32-33,35,41,44,58,62-65,67,71-72H,4-6,8-9,11-15,17-18,20-24,26,29-31,34,36-40,42-43,45-57H2,1-3H3,(H,73,74)/b10-7-,19-16-,28-25-,32-27-,35-33-,44-41-. The number of hydrogen-bond acceptors (Lipinski definition) is 11. The quantitative estimate of drug-likeness (QED) is 0.0228. The zero-order chi connectivity index (χ0) is 57.5. The van der Waals surface area contributed by atoms with Gasteiger partial charge in [-0.15, -0.1) is 0 Å². The second kappa shape index (κ2) is 54.7. The van der Waals surface area contributed by atoms with E-state index in [0.717, 1.165) is 96.3 Å². The summed E-state index contributed by atoms with van der Waals surface area (Å²) in [6.07, 6.45) is 57.3. The van der Waals surface area contributed by atoms with E-state index in [1.807, 2.05) is 6.08 Å². The van der Waals surface area contributed by atoms with Gasteiger partial charge in [0.05, 0.1) is 6.61 Å². The van der Waals surface area contributed by atoms with E-state index in [1.54, 1.807) is 0 Å². The number of carboxylic acids is 1. The van der Waals surface area contributed by atoms with Crippen LogP contribution < -0.4 is 0 Å². The molecular weight excluding hydrogens is 997 g/mol. The number of ether oxygens (including phenoxy) is 5. The van der Waals surface area contributed by atoms with Gasteiger partial charge >= 0.3 is 23.9 Å². The molecule has 3 N–H and O–H groups in total. The van der Waals surface area contributed by atoms with Crippen LogP contribution in [0.4, 0.5) is 0 Å². The van der Waals surface area contributed by atoms with Gasteiger partial charge in [0.1, 0.15) is 18.8 Å². The number of aliphatic hydroxyl groups is 2. The summed E-state index contributed by atoms with van der Waals surface area (Å²) >= 11 is 0. The summed E-state index contributed by atoms with van der Waals surface area (Å²) in [4.78, 5) is 51.2. The van der Waals surface area contributed by atoms with Gasteiger partial charge in [-0.05, 0) is 83.5 Å². The van der Waals surface area contributed by atoms with Crippen molar-refractivity contribution in [2.24, 2.45) is 0 Å². The number of allylic oxidation sites excluding steroid dienone is 12. The van der Waals surface area contributed by atoms with Crippen molar-refractivity contribution in [3.63, 3.8) is 0 Å². The number of carboxylic acid groups (broad SMARTS) is 1. The molecule has 0 radical (unpaired) electrons. The molecule has 0 aliphatic carbocycles. The Kier molecular flexibility index (Phi) is 50.7. The van der Waals surface area contributed by atoms with E-state index in [-0.39, 0.29) is 25.9 Å². The smallest absolute Gasteiger partial charge is 0.335 e. The fraction of sp³-hybridized carbons (Fsp3) is 0.761. The molecule has 12 heteroatoms. The number of rotatable bonds is 54. The fourth-order valence-electron chi connectivity index (χ4n) is 9.40. The highest BCUT2D eigenvalue weighted by Crippen LogP contribution is 2.27. The molecule has 0 aromatic rings. The molecule has 0 aromatic heterocycles. The minimum absolute atomic E-state index is 0.0562.